The van der Waals surface area contributed by atoms with Crippen LogP contribution in [0.2, 0.25) is 0 Å². The minimum Gasteiger partial charge on any atom is -0.264 e. The average molecular weight is 215 g/mol. The van der Waals surface area contributed by atoms with Gasteiger partial charge in [-0.05, 0) is 35.2 Å². The maximum atomic E-state index is 12.8. The van der Waals surface area contributed by atoms with E-state index < -0.39 is 0 Å². The Morgan fingerprint density at radius 3 is 2.31 bits per heavy atom. The van der Waals surface area contributed by atoms with Crippen molar-refractivity contribution in [2.24, 2.45) is 0 Å². The van der Waals surface area contributed by atoms with Crippen LogP contribution in [0.4, 0.5) is 4.39 Å². The summed E-state index contributed by atoms with van der Waals surface area (Å²) < 4.78 is 12.8. The van der Waals surface area contributed by atoms with E-state index in [9.17, 15) is 4.39 Å². The van der Waals surface area contributed by atoms with E-state index in [-0.39, 0.29) is 5.82 Å². The van der Waals surface area contributed by atoms with E-state index in [4.69, 9.17) is 0 Å². The number of benzene rings is 1. The van der Waals surface area contributed by atoms with Crippen LogP contribution in [-0.4, -0.2) is 4.98 Å². The van der Waals surface area contributed by atoms with Crippen molar-refractivity contribution in [1.82, 2.24) is 4.98 Å². The number of pyridine rings is 1. The van der Waals surface area contributed by atoms with Crippen molar-refractivity contribution in [1.29, 1.82) is 0 Å². The second kappa shape index (κ2) is 4.44. The van der Waals surface area contributed by atoms with Gasteiger partial charge in [-0.15, -0.1) is 0 Å². The highest BCUT2D eigenvalue weighted by Crippen LogP contribution is 2.22. The third kappa shape index (κ3) is 2.27. The quantitative estimate of drug-likeness (QED) is 0.737. The highest BCUT2D eigenvalue weighted by molar-refractivity contribution is 5.63. The molecule has 0 saturated heterocycles. The van der Waals surface area contributed by atoms with Crippen LogP contribution in [0.1, 0.15) is 25.3 Å². The average Bonchev–Trinajstić information content (AvgIpc) is 2.30. The second-order valence-corrected chi connectivity index (χ2v) is 4.17. The molecular formula is C14H14FN. The molecule has 16 heavy (non-hydrogen) atoms. The zero-order valence-electron chi connectivity index (χ0n) is 9.44. The monoisotopic (exact) mass is 215 g/mol. The van der Waals surface area contributed by atoms with Crippen LogP contribution >= 0.6 is 0 Å². The van der Waals surface area contributed by atoms with Gasteiger partial charge in [0.2, 0.25) is 0 Å². The standard InChI is InChI=1S/C14H14FN/c1-10(2)12-7-13(9-16-8-12)11-3-5-14(15)6-4-11/h3-10H,1-2H3. The molecule has 1 aromatic carbocycles. The second-order valence-electron chi connectivity index (χ2n) is 4.17. The number of rotatable bonds is 2. The SMILES string of the molecule is CC(C)c1cncc(-c2ccc(F)cc2)c1. The summed E-state index contributed by atoms with van der Waals surface area (Å²) in [6, 6.07) is 8.59. The lowest BCUT2D eigenvalue weighted by Crippen LogP contribution is -1.90. The topological polar surface area (TPSA) is 12.9 Å². The predicted molar refractivity (Wildman–Crippen MR) is 63.7 cm³/mol. The maximum Gasteiger partial charge on any atom is 0.123 e. The predicted octanol–water partition coefficient (Wildman–Crippen LogP) is 4.01. The molecule has 0 fully saturated rings. The first kappa shape index (κ1) is 10.8. The summed E-state index contributed by atoms with van der Waals surface area (Å²) in [5.74, 6) is 0.240. The molecule has 0 spiro atoms. The molecule has 0 N–H and O–H groups in total. The van der Waals surface area contributed by atoms with E-state index in [1.165, 1.54) is 17.7 Å². The molecule has 0 aliphatic rings. The minimum atomic E-state index is -0.211. The van der Waals surface area contributed by atoms with Gasteiger partial charge in [0.25, 0.3) is 0 Å². The highest BCUT2D eigenvalue weighted by atomic mass is 19.1. The third-order valence-electron chi connectivity index (χ3n) is 2.60. The fourth-order valence-electron chi connectivity index (χ4n) is 1.57. The number of hydrogen-bond acceptors (Lipinski definition) is 1. The van der Waals surface area contributed by atoms with E-state index in [1.54, 1.807) is 18.3 Å². The van der Waals surface area contributed by atoms with Gasteiger partial charge in [-0.1, -0.05) is 26.0 Å². The van der Waals surface area contributed by atoms with Crippen LogP contribution in [0.15, 0.2) is 42.7 Å². The normalized spacial score (nSPS) is 10.8. The van der Waals surface area contributed by atoms with Crippen molar-refractivity contribution in [2.75, 3.05) is 0 Å². The van der Waals surface area contributed by atoms with Crippen LogP contribution in [0.5, 0.6) is 0 Å². The van der Waals surface area contributed by atoms with Gasteiger partial charge in [0.05, 0.1) is 0 Å². The molecule has 1 aromatic heterocycles. The van der Waals surface area contributed by atoms with E-state index in [2.05, 4.69) is 24.9 Å². The first-order valence-corrected chi connectivity index (χ1v) is 5.37. The Bertz CT molecular complexity index is 474. The summed E-state index contributed by atoms with van der Waals surface area (Å²) in [7, 11) is 0. The maximum absolute atomic E-state index is 12.8. The molecule has 0 aliphatic heterocycles. The lowest BCUT2D eigenvalue weighted by atomic mass is 10.0. The molecular weight excluding hydrogens is 201 g/mol. The molecule has 0 bridgehead atoms. The molecule has 1 nitrogen and oxygen atoms in total. The summed E-state index contributed by atoms with van der Waals surface area (Å²) in [4.78, 5) is 4.21. The van der Waals surface area contributed by atoms with Crippen LogP contribution < -0.4 is 0 Å². The first-order valence-electron chi connectivity index (χ1n) is 5.37. The molecule has 2 aromatic rings. The molecule has 1 heterocycles. The Morgan fingerprint density at radius 1 is 1.00 bits per heavy atom. The van der Waals surface area contributed by atoms with Crippen molar-refractivity contribution in [3.05, 3.63) is 54.1 Å². The molecule has 0 unspecified atom stereocenters. The van der Waals surface area contributed by atoms with Gasteiger partial charge in [0, 0.05) is 18.0 Å². The smallest absolute Gasteiger partial charge is 0.123 e. The third-order valence-corrected chi connectivity index (χ3v) is 2.60. The number of halogens is 1. The van der Waals surface area contributed by atoms with Crippen LogP contribution in [0, 0.1) is 5.82 Å². The molecule has 0 amide bonds. The molecule has 82 valence electrons. The van der Waals surface area contributed by atoms with Crippen molar-refractivity contribution >= 4 is 0 Å². The van der Waals surface area contributed by atoms with Crippen molar-refractivity contribution in [3.8, 4) is 11.1 Å². The Hall–Kier alpha value is -1.70. The molecule has 0 atom stereocenters. The van der Waals surface area contributed by atoms with Gasteiger partial charge in [-0.3, -0.25) is 4.98 Å². The first-order chi connectivity index (χ1) is 7.66. The lowest BCUT2D eigenvalue weighted by Gasteiger charge is -2.07. The fraction of sp³-hybridized carbons (Fsp3) is 0.214. The summed E-state index contributed by atoms with van der Waals surface area (Å²) in [5.41, 5.74) is 3.23. The molecule has 0 aliphatic carbocycles. The van der Waals surface area contributed by atoms with E-state index in [0.29, 0.717) is 5.92 Å². The van der Waals surface area contributed by atoms with Gasteiger partial charge in [-0.2, -0.15) is 0 Å². The van der Waals surface area contributed by atoms with E-state index in [0.717, 1.165) is 11.1 Å². The van der Waals surface area contributed by atoms with E-state index >= 15 is 0 Å². The Labute approximate surface area is 95.0 Å². The highest BCUT2D eigenvalue weighted by Gasteiger charge is 2.03. The Balaban J connectivity index is 2.40. The minimum absolute atomic E-state index is 0.211. The summed E-state index contributed by atoms with van der Waals surface area (Å²) in [6.07, 6.45) is 3.68. The van der Waals surface area contributed by atoms with Crippen molar-refractivity contribution in [3.63, 3.8) is 0 Å². The van der Waals surface area contributed by atoms with Gasteiger partial charge in [0.15, 0.2) is 0 Å². The molecule has 2 heteroatoms. The Kier molecular flexibility index (Phi) is 3.00. The van der Waals surface area contributed by atoms with Crippen LogP contribution in [0.3, 0.4) is 0 Å². The summed E-state index contributed by atoms with van der Waals surface area (Å²) >= 11 is 0. The fourth-order valence-corrected chi connectivity index (χ4v) is 1.57. The van der Waals surface area contributed by atoms with Crippen molar-refractivity contribution < 1.29 is 4.39 Å². The van der Waals surface area contributed by atoms with Gasteiger partial charge in [0.1, 0.15) is 5.82 Å². The molecule has 0 saturated carbocycles. The largest absolute Gasteiger partial charge is 0.264 e. The molecule has 0 radical (unpaired) electrons. The van der Waals surface area contributed by atoms with Crippen LogP contribution in [0.25, 0.3) is 11.1 Å². The summed E-state index contributed by atoms with van der Waals surface area (Å²) in [6.45, 7) is 4.26. The zero-order valence-corrected chi connectivity index (χ0v) is 9.44. The molecule has 2 rings (SSSR count). The van der Waals surface area contributed by atoms with Gasteiger partial charge >= 0.3 is 0 Å². The number of hydrogen-bond donors (Lipinski definition) is 0. The number of nitrogens with zero attached hydrogens (tertiary/aromatic N) is 1. The van der Waals surface area contributed by atoms with Crippen LogP contribution in [-0.2, 0) is 0 Å². The Morgan fingerprint density at radius 2 is 1.69 bits per heavy atom. The zero-order chi connectivity index (χ0) is 11.5. The summed E-state index contributed by atoms with van der Waals surface area (Å²) in [5, 5.41) is 0. The van der Waals surface area contributed by atoms with Gasteiger partial charge < -0.3 is 0 Å². The van der Waals surface area contributed by atoms with Gasteiger partial charge in [-0.25, -0.2) is 4.39 Å². The number of aromatic nitrogens is 1. The van der Waals surface area contributed by atoms with Crippen molar-refractivity contribution in [2.45, 2.75) is 19.8 Å². The lowest BCUT2D eigenvalue weighted by molar-refractivity contribution is 0.628. The van der Waals surface area contributed by atoms with E-state index in [1.807, 2.05) is 6.20 Å².